The van der Waals surface area contributed by atoms with Gasteiger partial charge < -0.3 is 0 Å². The number of rotatable bonds is 6. The number of anilines is 1. The number of nitrogens with one attached hydrogen (secondary N) is 2. The van der Waals surface area contributed by atoms with E-state index >= 15 is 0 Å². The Morgan fingerprint density at radius 2 is 1.84 bits per heavy atom. The minimum atomic E-state index is -3.85. The Kier molecular flexibility index (Phi) is 6.11. The van der Waals surface area contributed by atoms with E-state index in [1.54, 1.807) is 0 Å². The summed E-state index contributed by atoms with van der Waals surface area (Å²) in [6.07, 6.45) is 1.56. The zero-order valence-corrected chi connectivity index (χ0v) is 19.8. The predicted octanol–water partition coefficient (Wildman–Crippen LogP) is 5.43. The highest BCUT2D eigenvalue weighted by molar-refractivity contribution is 7.89. The van der Waals surface area contributed by atoms with Gasteiger partial charge in [-0.05, 0) is 56.0 Å². The van der Waals surface area contributed by atoms with Crippen molar-refractivity contribution in [1.29, 1.82) is 0 Å². The van der Waals surface area contributed by atoms with Crippen LogP contribution >= 0.6 is 34.5 Å². The van der Waals surface area contributed by atoms with E-state index in [9.17, 15) is 13.2 Å². The first kappa shape index (κ1) is 22.2. The number of carbonyl (C=O) groups is 1. The lowest BCUT2D eigenvalue weighted by molar-refractivity contribution is 0.102. The Hall–Kier alpha value is -1.97. The Balaban J connectivity index is 1.58. The lowest BCUT2D eigenvalue weighted by Gasteiger charge is -2.11. The van der Waals surface area contributed by atoms with Gasteiger partial charge in [-0.1, -0.05) is 35.3 Å². The molecule has 1 heterocycles. The van der Waals surface area contributed by atoms with Crippen LogP contribution < -0.4 is 10.0 Å². The number of aromatic nitrogens is 1. The molecule has 162 valence electrons. The van der Waals surface area contributed by atoms with Gasteiger partial charge in [0.1, 0.15) is 4.90 Å². The SMILES string of the molecule is Cc1ccc(-c2csc(NC(=O)c3cc(S(=O)(=O)NC4CC4)c(Cl)cc3Cl)n2)cc1C. The van der Waals surface area contributed by atoms with E-state index in [4.69, 9.17) is 23.2 Å². The van der Waals surface area contributed by atoms with E-state index < -0.39 is 15.9 Å². The zero-order chi connectivity index (χ0) is 22.3. The van der Waals surface area contributed by atoms with E-state index in [2.05, 4.69) is 15.0 Å². The van der Waals surface area contributed by atoms with Gasteiger partial charge in [0.25, 0.3) is 5.91 Å². The molecule has 0 spiro atoms. The Bertz CT molecular complexity index is 1290. The first-order chi connectivity index (χ1) is 14.6. The minimum Gasteiger partial charge on any atom is -0.298 e. The van der Waals surface area contributed by atoms with Crippen LogP contribution in [0.15, 0.2) is 40.6 Å². The molecule has 0 aliphatic heterocycles. The van der Waals surface area contributed by atoms with Gasteiger partial charge in [0.05, 0.1) is 21.3 Å². The lowest BCUT2D eigenvalue weighted by Crippen LogP contribution is -2.26. The van der Waals surface area contributed by atoms with E-state index in [0.29, 0.717) is 5.13 Å². The lowest BCUT2D eigenvalue weighted by atomic mass is 10.1. The van der Waals surface area contributed by atoms with Gasteiger partial charge in [-0.15, -0.1) is 11.3 Å². The van der Waals surface area contributed by atoms with Crippen LogP contribution in [-0.4, -0.2) is 25.4 Å². The van der Waals surface area contributed by atoms with E-state index in [-0.39, 0.29) is 26.5 Å². The maximum absolute atomic E-state index is 12.8. The molecular weight excluding hydrogens is 477 g/mol. The molecule has 2 N–H and O–H groups in total. The number of aryl methyl sites for hydroxylation is 2. The molecule has 1 aromatic heterocycles. The number of carbonyl (C=O) groups excluding carboxylic acids is 1. The van der Waals surface area contributed by atoms with Gasteiger partial charge in [-0.25, -0.2) is 18.1 Å². The number of amides is 1. The quantitative estimate of drug-likeness (QED) is 0.477. The first-order valence-electron chi connectivity index (χ1n) is 9.50. The number of nitrogens with zero attached hydrogens (tertiary/aromatic N) is 1. The van der Waals surface area contributed by atoms with Crippen LogP contribution in [-0.2, 0) is 10.0 Å². The normalized spacial score (nSPS) is 13.9. The molecule has 0 bridgehead atoms. The fourth-order valence-electron chi connectivity index (χ4n) is 2.92. The van der Waals surface area contributed by atoms with Gasteiger partial charge in [-0.3, -0.25) is 10.1 Å². The molecular formula is C21H19Cl2N3O3S2. The summed E-state index contributed by atoms with van der Waals surface area (Å²) in [5.41, 5.74) is 4.03. The topological polar surface area (TPSA) is 88.2 Å². The molecule has 0 radical (unpaired) electrons. The molecule has 0 unspecified atom stereocenters. The molecule has 2 aromatic carbocycles. The molecule has 1 aliphatic rings. The van der Waals surface area contributed by atoms with Crippen LogP contribution in [0, 0.1) is 13.8 Å². The maximum Gasteiger partial charge on any atom is 0.259 e. The fourth-order valence-corrected chi connectivity index (χ4v) is 5.80. The molecule has 0 saturated heterocycles. The van der Waals surface area contributed by atoms with Gasteiger partial charge in [0, 0.05) is 17.0 Å². The molecule has 1 aliphatic carbocycles. The summed E-state index contributed by atoms with van der Waals surface area (Å²) in [7, 11) is -3.85. The number of benzene rings is 2. The Labute approximate surface area is 194 Å². The van der Waals surface area contributed by atoms with E-state index in [1.807, 2.05) is 37.4 Å². The van der Waals surface area contributed by atoms with Crippen molar-refractivity contribution in [2.75, 3.05) is 5.32 Å². The van der Waals surface area contributed by atoms with Crippen molar-refractivity contribution < 1.29 is 13.2 Å². The highest BCUT2D eigenvalue weighted by atomic mass is 35.5. The molecule has 6 nitrogen and oxygen atoms in total. The average Bonchev–Trinajstić information content (AvgIpc) is 3.37. The Morgan fingerprint density at radius 3 is 2.52 bits per heavy atom. The van der Waals surface area contributed by atoms with Crippen molar-refractivity contribution in [1.82, 2.24) is 9.71 Å². The summed E-state index contributed by atoms with van der Waals surface area (Å²) in [6, 6.07) is 8.41. The van der Waals surface area contributed by atoms with Gasteiger partial charge in [0.15, 0.2) is 5.13 Å². The number of thiazole rings is 1. The number of halogens is 2. The minimum absolute atomic E-state index is 0.00479. The third-order valence-electron chi connectivity index (χ3n) is 4.98. The second kappa shape index (κ2) is 8.52. The van der Waals surface area contributed by atoms with Crippen molar-refractivity contribution in [2.45, 2.75) is 37.6 Å². The van der Waals surface area contributed by atoms with Crippen LogP contribution in [0.4, 0.5) is 5.13 Å². The first-order valence-corrected chi connectivity index (χ1v) is 12.6. The van der Waals surface area contributed by atoms with Crippen molar-refractivity contribution in [3.05, 3.63) is 62.4 Å². The summed E-state index contributed by atoms with van der Waals surface area (Å²) in [5.74, 6) is -0.564. The van der Waals surface area contributed by atoms with Gasteiger partial charge in [-0.2, -0.15) is 0 Å². The number of hydrogen-bond donors (Lipinski definition) is 2. The van der Waals surface area contributed by atoms with Crippen molar-refractivity contribution in [3.8, 4) is 11.3 Å². The Morgan fingerprint density at radius 1 is 1.10 bits per heavy atom. The van der Waals surface area contributed by atoms with Crippen molar-refractivity contribution in [3.63, 3.8) is 0 Å². The molecule has 10 heteroatoms. The van der Waals surface area contributed by atoms with Crippen LogP contribution in [0.5, 0.6) is 0 Å². The molecule has 4 rings (SSSR count). The van der Waals surface area contributed by atoms with Crippen molar-refractivity contribution >= 4 is 55.6 Å². The fraction of sp³-hybridized carbons (Fsp3) is 0.238. The van der Waals surface area contributed by atoms with E-state index in [1.165, 1.54) is 29.0 Å². The van der Waals surface area contributed by atoms with Gasteiger partial charge in [0.2, 0.25) is 10.0 Å². The van der Waals surface area contributed by atoms with Crippen molar-refractivity contribution in [2.24, 2.45) is 0 Å². The second-order valence-corrected chi connectivity index (χ2v) is 10.8. The van der Waals surface area contributed by atoms with Gasteiger partial charge >= 0.3 is 0 Å². The molecule has 1 amide bonds. The average molecular weight is 496 g/mol. The molecule has 1 fully saturated rings. The van der Waals surface area contributed by atoms with Crippen LogP contribution in [0.3, 0.4) is 0 Å². The summed E-state index contributed by atoms with van der Waals surface area (Å²) in [6.45, 7) is 4.07. The zero-order valence-electron chi connectivity index (χ0n) is 16.7. The monoisotopic (exact) mass is 495 g/mol. The van der Waals surface area contributed by atoms with Crippen LogP contribution in [0.25, 0.3) is 11.3 Å². The second-order valence-electron chi connectivity index (χ2n) is 7.45. The third-order valence-corrected chi connectivity index (χ3v) is 8.04. The summed E-state index contributed by atoms with van der Waals surface area (Å²) < 4.78 is 27.7. The summed E-state index contributed by atoms with van der Waals surface area (Å²) in [4.78, 5) is 17.1. The van der Waals surface area contributed by atoms with Crippen LogP contribution in [0.1, 0.15) is 34.3 Å². The standard InChI is InChI=1S/C21H19Cl2N3O3S2/c1-11-3-4-13(7-12(11)2)18-10-30-21(24-18)25-20(27)15-8-19(17(23)9-16(15)22)31(28,29)26-14-5-6-14/h3-4,7-10,14,26H,5-6H2,1-2H3,(H,24,25,27). The summed E-state index contributed by atoms with van der Waals surface area (Å²) in [5, 5.41) is 4.93. The summed E-state index contributed by atoms with van der Waals surface area (Å²) >= 11 is 13.6. The number of hydrogen-bond acceptors (Lipinski definition) is 5. The molecule has 31 heavy (non-hydrogen) atoms. The predicted molar refractivity (Wildman–Crippen MR) is 125 cm³/mol. The highest BCUT2D eigenvalue weighted by Crippen LogP contribution is 2.32. The third kappa shape index (κ3) is 4.94. The number of sulfonamides is 1. The smallest absolute Gasteiger partial charge is 0.259 e. The molecule has 1 saturated carbocycles. The molecule has 0 atom stereocenters. The maximum atomic E-state index is 12.8. The molecule has 3 aromatic rings. The van der Waals surface area contributed by atoms with E-state index in [0.717, 1.165) is 29.7 Å². The largest absolute Gasteiger partial charge is 0.298 e. The highest BCUT2D eigenvalue weighted by Gasteiger charge is 2.30. The van der Waals surface area contributed by atoms with Crippen LogP contribution in [0.2, 0.25) is 10.0 Å².